The van der Waals surface area contributed by atoms with Crippen LogP contribution in [0.4, 0.5) is 0 Å². The number of carbonyl (C=O) groups excluding carboxylic acids is 2. The van der Waals surface area contributed by atoms with Crippen LogP contribution in [0.3, 0.4) is 0 Å². The number of carbonyl (C=O) groups is 2. The molecule has 3 aromatic rings. The van der Waals surface area contributed by atoms with Gasteiger partial charge in [-0.05, 0) is 50.3 Å². The fourth-order valence-electron chi connectivity index (χ4n) is 5.35. The average molecular weight is 445 g/mol. The summed E-state index contributed by atoms with van der Waals surface area (Å²) in [6.07, 6.45) is 7.23. The predicted molar refractivity (Wildman–Crippen MR) is 129 cm³/mol. The summed E-state index contributed by atoms with van der Waals surface area (Å²) in [5.41, 5.74) is 1.98. The first-order chi connectivity index (χ1) is 16.1. The molecule has 0 radical (unpaired) electrons. The zero-order valence-corrected chi connectivity index (χ0v) is 19.3. The molecule has 1 saturated carbocycles. The minimum atomic E-state index is -0.957. The van der Waals surface area contributed by atoms with E-state index in [-0.39, 0.29) is 17.9 Å². The number of hydrogen-bond donors (Lipinski definition) is 1. The van der Waals surface area contributed by atoms with Crippen molar-refractivity contribution < 1.29 is 9.59 Å². The van der Waals surface area contributed by atoms with Crippen molar-refractivity contribution in [1.29, 1.82) is 0 Å². The van der Waals surface area contributed by atoms with E-state index in [9.17, 15) is 9.59 Å². The zero-order valence-electron chi connectivity index (χ0n) is 19.3. The van der Waals surface area contributed by atoms with Crippen LogP contribution in [0, 0.1) is 0 Å². The highest BCUT2D eigenvalue weighted by molar-refractivity contribution is 6.01. The summed E-state index contributed by atoms with van der Waals surface area (Å²) in [7, 11) is 0. The lowest BCUT2D eigenvalue weighted by molar-refractivity contribution is -0.133. The summed E-state index contributed by atoms with van der Waals surface area (Å²) >= 11 is 0. The van der Waals surface area contributed by atoms with Gasteiger partial charge in [-0.1, -0.05) is 61.7 Å². The van der Waals surface area contributed by atoms with Crippen molar-refractivity contribution >= 4 is 22.8 Å². The Morgan fingerprint density at radius 3 is 2.58 bits per heavy atom. The van der Waals surface area contributed by atoms with Gasteiger partial charge in [0.2, 0.25) is 5.91 Å². The molecule has 0 unspecified atom stereocenters. The SMILES string of the molecule is C[C@]1(C(=O)NC2CCCCC2)Cn2c(nc3ccccc32)C(=O)N1CCCc1ccccc1. The number of hydrogen-bond acceptors (Lipinski definition) is 3. The Morgan fingerprint density at radius 1 is 1.06 bits per heavy atom. The normalized spacial score (nSPS) is 21.2. The summed E-state index contributed by atoms with van der Waals surface area (Å²) < 4.78 is 1.94. The quantitative estimate of drug-likeness (QED) is 0.615. The standard InChI is InChI=1S/C27H32N4O2/c1-27(26(33)28-21-14-6-3-7-15-21)19-30-23-17-9-8-16-22(23)29-24(30)25(32)31(27)18-10-13-20-11-4-2-5-12-20/h2,4-5,8-9,11-12,16-17,21H,3,6-7,10,13-15,18-19H2,1H3,(H,28,33)/t27-/m1/s1. The Balaban J connectivity index is 1.44. The van der Waals surface area contributed by atoms with Crippen LogP contribution in [0.15, 0.2) is 54.6 Å². The minimum absolute atomic E-state index is 0.0501. The third-order valence-corrected chi connectivity index (χ3v) is 7.27. The highest BCUT2D eigenvalue weighted by atomic mass is 16.2. The van der Waals surface area contributed by atoms with Crippen molar-refractivity contribution in [3.05, 3.63) is 66.0 Å². The molecule has 6 heteroatoms. The van der Waals surface area contributed by atoms with Gasteiger partial charge in [-0.2, -0.15) is 0 Å². The molecule has 1 atom stereocenters. The second-order valence-electron chi connectivity index (χ2n) is 9.64. The smallest absolute Gasteiger partial charge is 0.290 e. The van der Waals surface area contributed by atoms with Crippen LogP contribution >= 0.6 is 0 Å². The van der Waals surface area contributed by atoms with Crippen LogP contribution < -0.4 is 5.32 Å². The lowest BCUT2D eigenvalue weighted by Gasteiger charge is -2.44. The molecule has 1 aliphatic heterocycles. The van der Waals surface area contributed by atoms with E-state index < -0.39 is 5.54 Å². The molecule has 0 saturated heterocycles. The van der Waals surface area contributed by atoms with Gasteiger partial charge in [-0.3, -0.25) is 9.59 Å². The van der Waals surface area contributed by atoms with Crippen molar-refractivity contribution in [3.8, 4) is 0 Å². The summed E-state index contributed by atoms with van der Waals surface area (Å²) in [5.74, 6) is 0.219. The molecule has 1 aromatic heterocycles. The van der Waals surface area contributed by atoms with E-state index >= 15 is 0 Å². The number of nitrogens with one attached hydrogen (secondary N) is 1. The predicted octanol–water partition coefficient (Wildman–Crippen LogP) is 4.33. The lowest BCUT2D eigenvalue weighted by Crippen LogP contribution is -2.65. The fourth-order valence-corrected chi connectivity index (χ4v) is 5.35. The van der Waals surface area contributed by atoms with E-state index in [0.717, 1.165) is 49.6 Å². The van der Waals surface area contributed by atoms with Crippen molar-refractivity contribution in [2.45, 2.75) is 70.0 Å². The lowest BCUT2D eigenvalue weighted by atomic mass is 9.91. The number of imidazole rings is 1. The van der Waals surface area contributed by atoms with Gasteiger partial charge in [0.1, 0.15) is 5.54 Å². The van der Waals surface area contributed by atoms with Gasteiger partial charge in [0.15, 0.2) is 5.82 Å². The largest absolute Gasteiger partial charge is 0.351 e. The Kier molecular flexibility index (Phi) is 5.92. The van der Waals surface area contributed by atoms with Crippen molar-refractivity contribution in [3.63, 3.8) is 0 Å². The molecule has 2 aliphatic rings. The van der Waals surface area contributed by atoms with Gasteiger partial charge in [0, 0.05) is 12.6 Å². The summed E-state index contributed by atoms with van der Waals surface area (Å²) in [6.45, 7) is 2.85. The van der Waals surface area contributed by atoms with E-state index in [2.05, 4.69) is 22.4 Å². The molecule has 0 bridgehead atoms. The Bertz CT molecular complexity index is 1150. The van der Waals surface area contributed by atoms with Gasteiger partial charge in [0.05, 0.1) is 17.6 Å². The molecular formula is C27H32N4O2. The third-order valence-electron chi connectivity index (χ3n) is 7.27. The van der Waals surface area contributed by atoms with Gasteiger partial charge in [0.25, 0.3) is 5.91 Å². The van der Waals surface area contributed by atoms with Gasteiger partial charge >= 0.3 is 0 Å². The molecule has 2 amide bonds. The molecule has 1 fully saturated rings. The first-order valence-electron chi connectivity index (χ1n) is 12.2. The van der Waals surface area contributed by atoms with Gasteiger partial charge in [-0.15, -0.1) is 0 Å². The fraction of sp³-hybridized carbons (Fsp3) is 0.444. The second-order valence-corrected chi connectivity index (χ2v) is 9.64. The Labute approximate surface area is 195 Å². The average Bonchev–Trinajstić information content (AvgIpc) is 3.21. The number of aromatic nitrogens is 2. The summed E-state index contributed by atoms with van der Waals surface area (Å²) in [5, 5.41) is 3.29. The molecule has 172 valence electrons. The molecular weight excluding hydrogens is 412 g/mol. The van der Waals surface area contributed by atoms with Crippen molar-refractivity contribution in [2.24, 2.45) is 0 Å². The van der Waals surface area contributed by atoms with E-state index in [1.807, 2.05) is 54.0 Å². The molecule has 1 N–H and O–H groups in total. The molecule has 0 spiro atoms. The highest BCUT2D eigenvalue weighted by Crippen LogP contribution is 2.31. The van der Waals surface area contributed by atoms with Crippen LogP contribution in [0.25, 0.3) is 11.0 Å². The number of rotatable bonds is 6. The Hall–Kier alpha value is -3.15. The first kappa shape index (κ1) is 21.7. The number of amides is 2. The van der Waals surface area contributed by atoms with E-state index in [0.29, 0.717) is 18.9 Å². The van der Waals surface area contributed by atoms with Crippen LogP contribution in [0.1, 0.15) is 61.6 Å². The number of benzene rings is 2. The van der Waals surface area contributed by atoms with Crippen molar-refractivity contribution in [2.75, 3.05) is 6.54 Å². The second kappa shape index (κ2) is 9.00. The first-order valence-corrected chi connectivity index (χ1v) is 12.2. The van der Waals surface area contributed by atoms with E-state index in [1.54, 1.807) is 4.90 Å². The summed E-state index contributed by atoms with van der Waals surface area (Å²) in [4.78, 5) is 33.8. The van der Waals surface area contributed by atoms with Crippen LogP contribution in [-0.4, -0.2) is 44.4 Å². The number of nitrogens with zero attached hydrogens (tertiary/aromatic N) is 3. The van der Waals surface area contributed by atoms with Crippen molar-refractivity contribution in [1.82, 2.24) is 19.8 Å². The number of para-hydroxylation sites is 2. The molecule has 33 heavy (non-hydrogen) atoms. The van der Waals surface area contributed by atoms with E-state index in [4.69, 9.17) is 0 Å². The van der Waals surface area contributed by atoms with E-state index in [1.165, 1.54) is 12.0 Å². The van der Waals surface area contributed by atoms with Crippen LogP contribution in [0.5, 0.6) is 0 Å². The van der Waals surface area contributed by atoms with Gasteiger partial charge in [-0.25, -0.2) is 4.98 Å². The maximum absolute atomic E-state index is 13.7. The summed E-state index contributed by atoms with van der Waals surface area (Å²) in [6, 6.07) is 18.3. The maximum Gasteiger partial charge on any atom is 0.290 e. The topological polar surface area (TPSA) is 67.2 Å². The monoisotopic (exact) mass is 444 g/mol. The molecule has 2 heterocycles. The zero-order chi connectivity index (χ0) is 22.8. The molecule has 2 aromatic carbocycles. The Morgan fingerprint density at radius 2 is 1.79 bits per heavy atom. The van der Waals surface area contributed by atoms with Crippen LogP contribution in [0.2, 0.25) is 0 Å². The maximum atomic E-state index is 13.7. The third kappa shape index (κ3) is 4.14. The van der Waals surface area contributed by atoms with Gasteiger partial charge < -0.3 is 14.8 Å². The highest BCUT2D eigenvalue weighted by Gasteiger charge is 2.48. The number of aryl methyl sites for hydroxylation is 1. The van der Waals surface area contributed by atoms with Crippen LogP contribution in [-0.2, 0) is 17.8 Å². The molecule has 5 rings (SSSR count). The molecule has 6 nitrogen and oxygen atoms in total. The molecule has 1 aliphatic carbocycles. The minimum Gasteiger partial charge on any atom is -0.351 e. The number of fused-ring (bicyclic) bond motifs is 3.